The maximum absolute atomic E-state index is 2.12. The van der Waals surface area contributed by atoms with Gasteiger partial charge in [-0.2, -0.15) is 0 Å². The first-order chi connectivity index (χ1) is 4.97. The van der Waals surface area contributed by atoms with Crippen molar-refractivity contribution < 1.29 is 0 Å². The molecule has 2 aromatic carbocycles. The van der Waals surface area contributed by atoms with Crippen LogP contribution in [-0.4, -0.2) is 37.7 Å². The molecule has 0 spiro atoms. The van der Waals surface area contributed by atoms with Crippen LogP contribution in [0.15, 0.2) is 48.5 Å². The van der Waals surface area contributed by atoms with Crippen molar-refractivity contribution in [1.29, 1.82) is 0 Å². The molecule has 1 heteroatoms. The number of benzene rings is 2. The molecule has 0 atom stereocenters. The van der Waals surface area contributed by atoms with Crippen LogP contribution in [0.25, 0.3) is 10.8 Å². The van der Waals surface area contributed by atoms with E-state index in [2.05, 4.69) is 48.5 Å². The predicted molar refractivity (Wildman–Crippen MR) is 49.7 cm³/mol. The molecule has 0 bridgehead atoms. The molecule has 0 saturated heterocycles. The van der Waals surface area contributed by atoms with E-state index in [1.807, 2.05) is 0 Å². The topological polar surface area (TPSA) is 0 Å². The minimum atomic E-state index is 0. The largest absolute Gasteiger partial charge is 2.00 e. The number of hydrogen-bond donors (Lipinski definition) is 0. The summed E-state index contributed by atoms with van der Waals surface area (Å²) >= 11 is 0. The van der Waals surface area contributed by atoms with Crippen molar-refractivity contribution in [2.75, 3.05) is 0 Å². The Morgan fingerprint density at radius 2 is 0.818 bits per heavy atom. The maximum Gasteiger partial charge on any atom is 2.00 e. The molecule has 0 heterocycles. The van der Waals surface area contributed by atoms with Gasteiger partial charge in [-0.1, -0.05) is 48.5 Å². The third kappa shape index (κ3) is 1.96. The van der Waals surface area contributed by atoms with Crippen LogP contribution in [0.1, 0.15) is 0 Å². The van der Waals surface area contributed by atoms with Crippen molar-refractivity contribution in [3.63, 3.8) is 0 Å². The maximum atomic E-state index is 2.12. The van der Waals surface area contributed by atoms with Gasteiger partial charge < -0.3 is 0 Å². The Labute approximate surface area is 96.2 Å². The molecule has 0 nitrogen and oxygen atoms in total. The van der Waals surface area contributed by atoms with Crippen molar-refractivity contribution in [2.45, 2.75) is 0 Å². The van der Waals surface area contributed by atoms with E-state index >= 15 is 0 Å². The Hall–Kier alpha value is -0.0403. The van der Waals surface area contributed by atoms with Crippen LogP contribution in [0.4, 0.5) is 0 Å². The van der Waals surface area contributed by atoms with Crippen LogP contribution in [0.2, 0.25) is 0 Å². The van der Waals surface area contributed by atoms with Crippen LogP contribution < -0.4 is 0 Å². The summed E-state index contributed by atoms with van der Waals surface area (Å²) in [6.07, 6.45) is 0. The standard InChI is InChI=1S/C10H8.Ca/c1-2-6-10-8-4-3-7-9(10)5-1;/h1-8H;/q;+2. The van der Waals surface area contributed by atoms with Gasteiger partial charge in [0.05, 0.1) is 0 Å². The van der Waals surface area contributed by atoms with Crippen molar-refractivity contribution >= 4 is 48.5 Å². The minimum absolute atomic E-state index is 0. The fraction of sp³-hybridized carbons (Fsp3) is 0. The van der Waals surface area contributed by atoms with E-state index in [0.717, 1.165) is 0 Å². The fourth-order valence-corrected chi connectivity index (χ4v) is 1.13. The molecular weight excluding hydrogens is 160 g/mol. The third-order valence-electron chi connectivity index (χ3n) is 1.66. The zero-order valence-electron chi connectivity index (χ0n) is 6.33. The number of fused-ring (bicyclic) bond motifs is 1. The molecule has 0 N–H and O–H groups in total. The SMILES string of the molecule is [Ca+2].c1ccc2ccccc2c1. The van der Waals surface area contributed by atoms with Gasteiger partial charge >= 0.3 is 37.7 Å². The summed E-state index contributed by atoms with van der Waals surface area (Å²) in [7, 11) is 0. The zero-order valence-corrected chi connectivity index (χ0v) is 8.53. The summed E-state index contributed by atoms with van der Waals surface area (Å²) in [6.45, 7) is 0. The van der Waals surface area contributed by atoms with Gasteiger partial charge in [-0.15, -0.1) is 0 Å². The van der Waals surface area contributed by atoms with E-state index in [-0.39, 0.29) is 37.7 Å². The first-order valence-electron chi connectivity index (χ1n) is 3.40. The summed E-state index contributed by atoms with van der Waals surface area (Å²) in [4.78, 5) is 0. The molecule has 2 aromatic rings. The van der Waals surface area contributed by atoms with Gasteiger partial charge in [0.2, 0.25) is 0 Å². The van der Waals surface area contributed by atoms with Gasteiger partial charge in [0.15, 0.2) is 0 Å². The van der Waals surface area contributed by atoms with Gasteiger partial charge in [-0.3, -0.25) is 0 Å². The van der Waals surface area contributed by atoms with E-state index in [0.29, 0.717) is 0 Å². The molecule has 0 saturated carbocycles. The molecule has 11 heavy (non-hydrogen) atoms. The average Bonchev–Trinajstić information content (AvgIpc) is 2.05. The molecule has 0 fully saturated rings. The second-order valence-corrected chi connectivity index (χ2v) is 2.35. The first-order valence-corrected chi connectivity index (χ1v) is 3.40. The van der Waals surface area contributed by atoms with Crippen LogP contribution >= 0.6 is 0 Å². The van der Waals surface area contributed by atoms with Crippen molar-refractivity contribution in [3.05, 3.63) is 48.5 Å². The Morgan fingerprint density at radius 3 is 1.09 bits per heavy atom. The smallest absolute Gasteiger partial charge is 0.0616 e. The van der Waals surface area contributed by atoms with E-state index in [9.17, 15) is 0 Å². The van der Waals surface area contributed by atoms with Gasteiger partial charge in [0, 0.05) is 0 Å². The van der Waals surface area contributed by atoms with E-state index in [1.165, 1.54) is 10.8 Å². The average molecular weight is 168 g/mol. The summed E-state index contributed by atoms with van der Waals surface area (Å²) in [5, 5.41) is 2.62. The van der Waals surface area contributed by atoms with Crippen LogP contribution in [-0.2, 0) is 0 Å². The third-order valence-corrected chi connectivity index (χ3v) is 1.66. The molecule has 0 aliphatic carbocycles. The van der Waals surface area contributed by atoms with Crippen LogP contribution in [0.3, 0.4) is 0 Å². The van der Waals surface area contributed by atoms with Crippen LogP contribution in [0, 0.1) is 0 Å². The Morgan fingerprint density at radius 1 is 0.545 bits per heavy atom. The van der Waals surface area contributed by atoms with Crippen LogP contribution in [0.5, 0.6) is 0 Å². The van der Waals surface area contributed by atoms with E-state index in [1.54, 1.807) is 0 Å². The molecule has 0 radical (unpaired) electrons. The second kappa shape index (κ2) is 4.10. The molecule has 0 aliphatic heterocycles. The molecule has 0 amide bonds. The Balaban J connectivity index is 0.000000605. The Bertz CT molecular complexity index is 276. The van der Waals surface area contributed by atoms with E-state index in [4.69, 9.17) is 0 Å². The number of rotatable bonds is 0. The van der Waals surface area contributed by atoms with Gasteiger partial charge in [0.25, 0.3) is 0 Å². The van der Waals surface area contributed by atoms with Gasteiger partial charge in [-0.25, -0.2) is 0 Å². The Kier molecular flexibility index (Phi) is 3.38. The molecule has 48 valence electrons. The van der Waals surface area contributed by atoms with Crippen molar-refractivity contribution in [3.8, 4) is 0 Å². The summed E-state index contributed by atoms with van der Waals surface area (Å²) < 4.78 is 0. The molecular formula is C10H8Ca+2. The normalized spacial score (nSPS) is 9.09. The van der Waals surface area contributed by atoms with Crippen molar-refractivity contribution in [2.24, 2.45) is 0 Å². The molecule has 0 aliphatic rings. The monoisotopic (exact) mass is 168 g/mol. The zero-order chi connectivity index (χ0) is 6.81. The second-order valence-electron chi connectivity index (χ2n) is 2.35. The first kappa shape index (κ1) is 9.05. The minimum Gasteiger partial charge on any atom is -0.0616 e. The summed E-state index contributed by atoms with van der Waals surface area (Å²) in [6, 6.07) is 16.7. The quantitative estimate of drug-likeness (QED) is 0.530. The molecule has 0 aromatic heterocycles. The summed E-state index contributed by atoms with van der Waals surface area (Å²) in [5.41, 5.74) is 0. The predicted octanol–water partition coefficient (Wildman–Crippen LogP) is 2.46. The van der Waals surface area contributed by atoms with Gasteiger partial charge in [0.1, 0.15) is 0 Å². The molecule has 0 unspecified atom stereocenters. The van der Waals surface area contributed by atoms with Gasteiger partial charge in [-0.05, 0) is 10.8 Å². The summed E-state index contributed by atoms with van der Waals surface area (Å²) in [5.74, 6) is 0. The molecule has 2 rings (SSSR count). The van der Waals surface area contributed by atoms with Crippen molar-refractivity contribution in [1.82, 2.24) is 0 Å². The fourth-order valence-electron chi connectivity index (χ4n) is 1.13. The number of hydrogen-bond acceptors (Lipinski definition) is 0. The van der Waals surface area contributed by atoms with E-state index < -0.39 is 0 Å².